The zero-order valence-corrected chi connectivity index (χ0v) is 16.7. The van der Waals surface area contributed by atoms with E-state index in [0.29, 0.717) is 39.3 Å². The highest BCUT2D eigenvalue weighted by Gasteiger charge is 2.25. The normalized spacial score (nSPS) is 16.8. The van der Waals surface area contributed by atoms with Crippen LogP contribution in [0, 0.1) is 11.3 Å². The van der Waals surface area contributed by atoms with Crippen molar-refractivity contribution in [3.8, 4) is 6.07 Å². The average Bonchev–Trinajstić information content (AvgIpc) is 3.38. The van der Waals surface area contributed by atoms with Crippen LogP contribution in [0.2, 0.25) is 5.02 Å². The first-order valence-corrected chi connectivity index (χ1v) is 9.84. The number of urea groups is 1. The van der Waals surface area contributed by atoms with Crippen molar-refractivity contribution < 1.29 is 9.59 Å². The zero-order chi connectivity index (χ0) is 21.5. The number of hydrogen-bond donors (Lipinski definition) is 4. The third kappa shape index (κ3) is 3.74. The van der Waals surface area contributed by atoms with Crippen molar-refractivity contribution in [2.24, 2.45) is 0 Å². The van der Waals surface area contributed by atoms with E-state index < -0.39 is 11.9 Å². The van der Waals surface area contributed by atoms with Crippen molar-refractivity contribution in [2.75, 3.05) is 10.6 Å². The lowest BCUT2D eigenvalue weighted by Gasteiger charge is -2.12. The number of imide groups is 1. The van der Waals surface area contributed by atoms with Gasteiger partial charge in [0.1, 0.15) is 17.3 Å². The molecule has 0 atom stereocenters. The summed E-state index contributed by atoms with van der Waals surface area (Å²) < 4.78 is 1.64. The molecule has 5 rings (SSSR count). The molecular weight excluding hydrogens is 420 g/mol. The lowest BCUT2D eigenvalue weighted by Crippen LogP contribution is -2.22. The highest BCUT2D eigenvalue weighted by Crippen LogP contribution is 2.30. The number of benzene rings is 1. The quantitative estimate of drug-likeness (QED) is 0.358. The monoisotopic (exact) mass is 434 g/mol. The lowest BCUT2D eigenvalue weighted by molar-refractivity contribution is -0.115. The summed E-state index contributed by atoms with van der Waals surface area (Å²) in [7, 11) is 0. The molecule has 2 aliphatic rings. The van der Waals surface area contributed by atoms with Crippen LogP contribution in [0.4, 0.5) is 22.1 Å². The maximum absolute atomic E-state index is 11.9. The van der Waals surface area contributed by atoms with Crippen LogP contribution in [-0.4, -0.2) is 32.6 Å². The Morgan fingerprint density at radius 1 is 1.26 bits per heavy atom. The second kappa shape index (κ2) is 7.30. The highest BCUT2D eigenvalue weighted by molar-refractivity contribution is 6.33. The van der Waals surface area contributed by atoms with E-state index in [4.69, 9.17) is 16.9 Å². The van der Waals surface area contributed by atoms with Crippen LogP contribution in [0.3, 0.4) is 0 Å². The van der Waals surface area contributed by atoms with Gasteiger partial charge in [-0.2, -0.15) is 14.9 Å². The van der Waals surface area contributed by atoms with Crippen molar-refractivity contribution in [2.45, 2.75) is 18.9 Å². The van der Waals surface area contributed by atoms with Gasteiger partial charge in [-0.3, -0.25) is 10.1 Å². The lowest BCUT2D eigenvalue weighted by atomic mass is 10.2. The van der Waals surface area contributed by atoms with E-state index in [1.54, 1.807) is 28.9 Å². The van der Waals surface area contributed by atoms with E-state index in [1.165, 1.54) is 6.08 Å². The van der Waals surface area contributed by atoms with Crippen molar-refractivity contribution in [3.63, 3.8) is 0 Å². The number of carbonyl (C=O) groups excluding carboxylic acids is 2. The maximum atomic E-state index is 11.9. The Morgan fingerprint density at radius 2 is 2.10 bits per heavy atom. The van der Waals surface area contributed by atoms with Crippen LogP contribution in [0.15, 0.2) is 36.2 Å². The third-order valence-electron chi connectivity index (χ3n) is 4.81. The molecule has 3 aromatic rings. The van der Waals surface area contributed by atoms with E-state index in [-0.39, 0.29) is 5.70 Å². The van der Waals surface area contributed by atoms with E-state index in [0.717, 1.165) is 18.7 Å². The van der Waals surface area contributed by atoms with Crippen LogP contribution >= 0.6 is 11.6 Å². The zero-order valence-electron chi connectivity index (χ0n) is 15.9. The molecule has 0 spiro atoms. The summed E-state index contributed by atoms with van der Waals surface area (Å²) in [6.45, 7) is 0. The number of nitrogens with one attached hydrogen (secondary N) is 4. The molecule has 2 fully saturated rings. The Balaban J connectivity index is 1.57. The number of fused-ring (bicyclic) bond motifs is 1. The minimum atomic E-state index is -0.574. The van der Waals surface area contributed by atoms with E-state index in [1.807, 2.05) is 12.1 Å². The van der Waals surface area contributed by atoms with Crippen molar-refractivity contribution in [1.82, 2.24) is 25.2 Å². The van der Waals surface area contributed by atoms with Gasteiger partial charge in [-0.15, -0.1) is 0 Å². The number of anilines is 3. The van der Waals surface area contributed by atoms with E-state index in [9.17, 15) is 9.59 Å². The average molecular weight is 435 g/mol. The predicted molar refractivity (Wildman–Crippen MR) is 114 cm³/mol. The first-order valence-electron chi connectivity index (χ1n) is 9.46. The summed E-state index contributed by atoms with van der Waals surface area (Å²) in [6, 6.07) is 8.59. The SMILES string of the molecule is N#Cc1ccc(Nc2cc(NC3CC3)n3ncc(/C=C4\NC(=O)NC4=O)c3n2)c(Cl)c1. The smallest absolute Gasteiger partial charge is 0.326 e. The summed E-state index contributed by atoms with van der Waals surface area (Å²) in [5, 5.41) is 25.0. The van der Waals surface area contributed by atoms with E-state index >= 15 is 0 Å². The molecule has 31 heavy (non-hydrogen) atoms. The minimum absolute atomic E-state index is 0.118. The molecule has 10 nitrogen and oxygen atoms in total. The summed E-state index contributed by atoms with van der Waals surface area (Å²) in [5.41, 5.74) is 2.21. The van der Waals surface area contributed by atoms with Gasteiger partial charge in [-0.25, -0.2) is 9.78 Å². The molecule has 1 aliphatic carbocycles. The summed E-state index contributed by atoms with van der Waals surface area (Å²) >= 11 is 6.29. The Labute approximate surface area is 180 Å². The molecule has 2 aromatic heterocycles. The standard InChI is InChI=1S/C20H15ClN8O2/c21-13-5-10(8-22)1-4-14(13)25-16-7-17(24-12-2-3-12)29-18(27-16)11(9-23-29)6-15-19(30)28-20(31)26-15/h1,4-7,9,12,24H,2-3H2,(H,25,27)(H2,26,28,30,31)/b15-6-. The van der Waals surface area contributed by atoms with Gasteiger partial charge in [0.15, 0.2) is 5.65 Å². The van der Waals surface area contributed by atoms with Gasteiger partial charge in [0.2, 0.25) is 0 Å². The van der Waals surface area contributed by atoms with Gasteiger partial charge < -0.3 is 16.0 Å². The predicted octanol–water partition coefficient (Wildman–Crippen LogP) is 2.75. The van der Waals surface area contributed by atoms with Crippen LogP contribution in [0.1, 0.15) is 24.0 Å². The Morgan fingerprint density at radius 3 is 2.77 bits per heavy atom. The number of nitrogens with zero attached hydrogens (tertiary/aromatic N) is 4. The second-order valence-corrected chi connectivity index (χ2v) is 7.59. The highest BCUT2D eigenvalue weighted by atomic mass is 35.5. The van der Waals surface area contributed by atoms with Crippen LogP contribution in [0.25, 0.3) is 11.7 Å². The van der Waals surface area contributed by atoms with Gasteiger partial charge in [0.25, 0.3) is 5.91 Å². The molecule has 0 unspecified atom stereocenters. The number of nitriles is 1. The molecule has 1 aliphatic heterocycles. The van der Waals surface area contributed by atoms with Crippen molar-refractivity contribution >= 4 is 52.6 Å². The molecule has 154 valence electrons. The molecule has 3 heterocycles. The maximum Gasteiger partial charge on any atom is 0.326 e. The van der Waals surface area contributed by atoms with Crippen LogP contribution < -0.4 is 21.3 Å². The van der Waals surface area contributed by atoms with Gasteiger partial charge in [0, 0.05) is 17.7 Å². The third-order valence-corrected chi connectivity index (χ3v) is 5.12. The summed E-state index contributed by atoms with van der Waals surface area (Å²) in [6.07, 6.45) is 5.23. The van der Waals surface area contributed by atoms with Crippen molar-refractivity contribution in [1.29, 1.82) is 5.26 Å². The Hall–Kier alpha value is -4.10. The largest absolute Gasteiger partial charge is 0.367 e. The molecule has 1 saturated carbocycles. The molecule has 0 bridgehead atoms. The molecule has 1 saturated heterocycles. The van der Waals surface area contributed by atoms with Crippen molar-refractivity contribution in [3.05, 3.63) is 52.3 Å². The number of halogens is 1. The first-order chi connectivity index (χ1) is 15.0. The minimum Gasteiger partial charge on any atom is -0.367 e. The summed E-state index contributed by atoms with van der Waals surface area (Å²) in [4.78, 5) is 27.9. The number of rotatable bonds is 5. The molecule has 11 heteroatoms. The second-order valence-electron chi connectivity index (χ2n) is 7.18. The molecule has 3 amide bonds. The molecule has 0 radical (unpaired) electrons. The molecule has 1 aromatic carbocycles. The fourth-order valence-electron chi connectivity index (χ4n) is 3.15. The Bertz CT molecular complexity index is 1320. The van der Waals surface area contributed by atoms with Gasteiger partial charge in [0.05, 0.1) is 28.5 Å². The number of aromatic nitrogens is 3. The first kappa shape index (κ1) is 18.9. The number of carbonyl (C=O) groups is 2. The fourth-order valence-corrected chi connectivity index (χ4v) is 3.38. The van der Waals surface area contributed by atoms with Gasteiger partial charge in [-0.1, -0.05) is 11.6 Å². The fraction of sp³-hybridized carbons (Fsp3) is 0.150. The topological polar surface area (TPSA) is 136 Å². The number of hydrogen-bond acceptors (Lipinski definition) is 7. The molecular formula is C20H15ClN8O2. The van der Waals surface area contributed by atoms with Crippen LogP contribution in [0.5, 0.6) is 0 Å². The number of amides is 3. The van der Waals surface area contributed by atoms with E-state index in [2.05, 4.69) is 31.3 Å². The van der Waals surface area contributed by atoms with Gasteiger partial charge in [-0.05, 0) is 37.1 Å². The van der Waals surface area contributed by atoms with Gasteiger partial charge >= 0.3 is 6.03 Å². The summed E-state index contributed by atoms with van der Waals surface area (Å²) in [5.74, 6) is 0.714. The van der Waals surface area contributed by atoms with Crippen LogP contribution in [-0.2, 0) is 4.79 Å². The Kier molecular flexibility index (Phi) is 4.45. The molecule has 4 N–H and O–H groups in total.